The zero-order valence-corrected chi connectivity index (χ0v) is 10.7. The molecule has 6 heteroatoms. The van der Waals surface area contributed by atoms with E-state index >= 15 is 0 Å². The molecule has 0 aromatic carbocycles. The maximum absolute atomic E-state index is 11.0. The normalized spacial score (nSPS) is 16.9. The van der Waals surface area contributed by atoms with E-state index in [1.165, 1.54) is 19.3 Å². The van der Waals surface area contributed by atoms with E-state index in [4.69, 9.17) is 10.8 Å². The Bertz CT molecular complexity index is 436. The molecule has 1 aliphatic heterocycles. The quantitative estimate of drug-likeness (QED) is 0.833. The van der Waals surface area contributed by atoms with Gasteiger partial charge in [-0.15, -0.1) is 0 Å². The Kier molecular flexibility index (Phi) is 3.86. The van der Waals surface area contributed by atoms with Gasteiger partial charge in [0.05, 0.1) is 12.2 Å². The number of carbonyl (C=O) groups is 1. The van der Waals surface area contributed by atoms with E-state index in [1.54, 1.807) is 11.6 Å². The van der Waals surface area contributed by atoms with E-state index in [2.05, 4.69) is 10.00 Å². The van der Waals surface area contributed by atoms with Crippen molar-refractivity contribution in [3.05, 3.63) is 11.3 Å². The van der Waals surface area contributed by atoms with Crippen LogP contribution in [0.15, 0.2) is 0 Å². The summed E-state index contributed by atoms with van der Waals surface area (Å²) in [6, 6.07) is 0. The summed E-state index contributed by atoms with van der Waals surface area (Å²) in [7, 11) is 0. The molecule has 3 N–H and O–H groups in total. The van der Waals surface area contributed by atoms with Crippen LogP contribution in [0.5, 0.6) is 0 Å². The molecule has 1 saturated heterocycles. The van der Waals surface area contributed by atoms with Crippen LogP contribution in [0.2, 0.25) is 0 Å². The second-order valence-corrected chi connectivity index (χ2v) is 4.78. The highest BCUT2D eigenvalue weighted by molar-refractivity contribution is 5.93. The number of aromatic nitrogens is 2. The summed E-state index contributed by atoms with van der Waals surface area (Å²) >= 11 is 0. The SMILES string of the molecule is Cc1nn(CCN2CCCCC2)c(N)c1C(=O)O. The second kappa shape index (κ2) is 5.39. The average molecular weight is 252 g/mol. The summed E-state index contributed by atoms with van der Waals surface area (Å²) in [4.78, 5) is 13.4. The molecule has 6 nitrogen and oxygen atoms in total. The van der Waals surface area contributed by atoms with Gasteiger partial charge in [-0.25, -0.2) is 9.48 Å². The standard InChI is InChI=1S/C12H20N4O2/c1-9-10(12(17)18)11(13)16(14-9)8-7-15-5-3-2-4-6-15/h2-8,13H2,1H3,(H,17,18). The fourth-order valence-corrected chi connectivity index (χ4v) is 2.45. The van der Waals surface area contributed by atoms with Crippen LogP contribution in [0.4, 0.5) is 5.82 Å². The molecule has 0 amide bonds. The number of carboxylic acid groups (broad SMARTS) is 1. The van der Waals surface area contributed by atoms with Crippen LogP contribution < -0.4 is 5.73 Å². The second-order valence-electron chi connectivity index (χ2n) is 4.78. The van der Waals surface area contributed by atoms with Gasteiger partial charge in [-0.2, -0.15) is 5.10 Å². The summed E-state index contributed by atoms with van der Waals surface area (Å²) in [5, 5.41) is 13.2. The molecule has 0 atom stereocenters. The molecular formula is C12H20N4O2. The molecule has 2 rings (SSSR count). The van der Waals surface area contributed by atoms with Crippen molar-refractivity contribution >= 4 is 11.8 Å². The van der Waals surface area contributed by atoms with Gasteiger partial charge in [-0.3, -0.25) is 0 Å². The fourth-order valence-electron chi connectivity index (χ4n) is 2.45. The van der Waals surface area contributed by atoms with Crippen molar-refractivity contribution in [1.82, 2.24) is 14.7 Å². The number of piperidine rings is 1. The average Bonchev–Trinajstić information content (AvgIpc) is 2.63. The number of likely N-dealkylation sites (tertiary alicyclic amines) is 1. The third-order valence-corrected chi connectivity index (χ3v) is 3.46. The van der Waals surface area contributed by atoms with Crippen LogP contribution in [0.1, 0.15) is 35.3 Å². The Labute approximate surface area is 106 Å². The van der Waals surface area contributed by atoms with Gasteiger partial charge < -0.3 is 15.7 Å². The summed E-state index contributed by atoms with van der Waals surface area (Å²) < 4.78 is 1.60. The van der Waals surface area contributed by atoms with E-state index in [0.29, 0.717) is 12.2 Å². The number of nitrogens with two attached hydrogens (primary N) is 1. The number of rotatable bonds is 4. The molecule has 0 aliphatic carbocycles. The maximum Gasteiger partial charge on any atom is 0.341 e. The first-order chi connectivity index (χ1) is 8.59. The molecule has 1 aromatic heterocycles. The predicted octanol–water partition coefficient (Wildman–Crippen LogP) is 0.958. The fraction of sp³-hybridized carbons (Fsp3) is 0.667. The highest BCUT2D eigenvalue weighted by atomic mass is 16.4. The number of hydrogen-bond donors (Lipinski definition) is 2. The lowest BCUT2D eigenvalue weighted by atomic mass is 10.1. The van der Waals surface area contributed by atoms with Crippen LogP contribution in [0.25, 0.3) is 0 Å². The molecule has 100 valence electrons. The van der Waals surface area contributed by atoms with Gasteiger partial charge in [0.25, 0.3) is 0 Å². The summed E-state index contributed by atoms with van der Waals surface area (Å²) in [6.45, 7) is 5.44. The number of aryl methyl sites for hydroxylation is 1. The molecule has 1 aliphatic rings. The van der Waals surface area contributed by atoms with Crippen molar-refractivity contribution in [3.8, 4) is 0 Å². The van der Waals surface area contributed by atoms with E-state index in [-0.39, 0.29) is 11.4 Å². The minimum Gasteiger partial charge on any atom is -0.477 e. The maximum atomic E-state index is 11.0. The molecule has 0 unspecified atom stereocenters. The Morgan fingerprint density at radius 2 is 2.00 bits per heavy atom. The Morgan fingerprint density at radius 1 is 1.33 bits per heavy atom. The first kappa shape index (κ1) is 12.9. The van der Waals surface area contributed by atoms with Crippen molar-refractivity contribution in [2.45, 2.75) is 32.7 Å². The van der Waals surface area contributed by atoms with Crippen LogP contribution in [0, 0.1) is 6.92 Å². The number of carboxylic acids is 1. The molecule has 18 heavy (non-hydrogen) atoms. The number of aromatic carboxylic acids is 1. The number of nitrogen functional groups attached to an aromatic ring is 1. The molecule has 0 bridgehead atoms. The van der Waals surface area contributed by atoms with Crippen LogP contribution >= 0.6 is 0 Å². The van der Waals surface area contributed by atoms with Crippen molar-refractivity contribution in [1.29, 1.82) is 0 Å². The minimum atomic E-state index is -1.01. The van der Waals surface area contributed by atoms with Crippen LogP contribution in [-0.4, -0.2) is 45.4 Å². The third-order valence-electron chi connectivity index (χ3n) is 3.46. The largest absolute Gasteiger partial charge is 0.477 e. The van der Waals surface area contributed by atoms with E-state index in [0.717, 1.165) is 19.6 Å². The van der Waals surface area contributed by atoms with Crippen molar-refractivity contribution in [2.75, 3.05) is 25.4 Å². The van der Waals surface area contributed by atoms with E-state index < -0.39 is 5.97 Å². The zero-order chi connectivity index (χ0) is 13.1. The first-order valence-corrected chi connectivity index (χ1v) is 6.38. The Balaban J connectivity index is 2.01. The van der Waals surface area contributed by atoms with Gasteiger partial charge in [-0.1, -0.05) is 6.42 Å². The molecule has 0 radical (unpaired) electrons. The zero-order valence-electron chi connectivity index (χ0n) is 10.7. The van der Waals surface area contributed by atoms with Crippen molar-refractivity contribution in [2.24, 2.45) is 0 Å². The van der Waals surface area contributed by atoms with E-state index in [9.17, 15) is 4.79 Å². The lowest BCUT2D eigenvalue weighted by molar-refractivity contribution is 0.0697. The third kappa shape index (κ3) is 2.64. The first-order valence-electron chi connectivity index (χ1n) is 6.38. The van der Waals surface area contributed by atoms with Gasteiger partial charge in [-0.05, 0) is 32.9 Å². The van der Waals surface area contributed by atoms with E-state index in [1.807, 2.05) is 0 Å². The minimum absolute atomic E-state index is 0.133. The summed E-state index contributed by atoms with van der Waals surface area (Å²) in [5.74, 6) is -0.744. The smallest absolute Gasteiger partial charge is 0.341 e. The Hall–Kier alpha value is -1.56. The lowest BCUT2D eigenvalue weighted by Crippen LogP contribution is -2.33. The molecule has 0 spiro atoms. The number of nitrogens with zero attached hydrogens (tertiary/aromatic N) is 3. The monoisotopic (exact) mass is 252 g/mol. The highest BCUT2D eigenvalue weighted by Gasteiger charge is 2.19. The van der Waals surface area contributed by atoms with Gasteiger partial charge >= 0.3 is 5.97 Å². The van der Waals surface area contributed by atoms with Gasteiger partial charge in [0.15, 0.2) is 0 Å². The molecule has 2 heterocycles. The lowest BCUT2D eigenvalue weighted by Gasteiger charge is -2.26. The van der Waals surface area contributed by atoms with Gasteiger partial charge in [0, 0.05) is 6.54 Å². The number of hydrogen-bond acceptors (Lipinski definition) is 4. The number of anilines is 1. The summed E-state index contributed by atoms with van der Waals surface area (Å²) in [5.41, 5.74) is 6.44. The predicted molar refractivity (Wildman–Crippen MR) is 68.6 cm³/mol. The van der Waals surface area contributed by atoms with Gasteiger partial charge in [0.2, 0.25) is 0 Å². The summed E-state index contributed by atoms with van der Waals surface area (Å²) in [6.07, 6.45) is 3.80. The molecule has 1 aromatic rings. The highest BCUT2D eigenvalue weighted by Crippen LogP contribution is 2.16. The van der Waals surface area contributed by atoms with Crippen molar-refractivity contribution < 1.29 is 9.90 Å². The molecule has 0 saturated carbocycles. The van der Waals surface area contributed by atoms with Gasteiger partial charge in [0.1, 0.15) is 11.4 Å². The topological polar surface area (TPSA) is 84.4 Å². The molecule has 1 fully saturated rings. The van der Waals surface area contributed by atoms with Crippen LogP contribution in [0.3, 0.4) is 0 Å². The Morgan fingerprint density at radius 3 is 2.56 bits per heavy atom. The van der Waals surface area contributed by atoms with Crippen LogP contribution in [-0.2, 0) is 6.54 Å². The van der Waals surface area contributed by atoms with Crippen molar-refractivity contribution in [3.63, 3.8) is 0 Å². The molecular weight excluding hydrogens is 232 g/mol.